The second kappa shape index (κ2) is 7.62. The molecular weight excluding hydrogens is 224 g/mol. The number of tetrazole rings is 1. The quantitative estimate of drug-likeness (QED) is 0.750. The Hall–Kier alpha value is -0.620. The van der Waals surface area contributed by atoms with Crippen molar-refractivity contribution in [3.05, 3.63) is 5.82 Å². The number of unbranched alkanes of at least 4 members (excludes halogenated alkanes) is 1. The van der Waals surface area contributed by atoms with E-state index in [4.69, 9.17) is 5.11 Å². The molecule has 0 aliphatic heterocycles. The first-order chi connectivity index (χ1) is 7.77. The molecule has 1 N–H and O–H groups in total. The number of hydrogen-bond donors (Lipinski definition) is 1. The molecule has 1 aromatic rings. The largest absolute Gasteiger partial charge is 0.396 e. The van der Waals surface area contributed by atoms with Gasteiger partial charge in [-0.05, 0) is 23.3 Å². The highest BCUT2D eigenvalue weighted by Gasteiger charge is 2.08. The zero-order valence-corrected chi connectivity index (χ0v) is 10.8. The van der Waals surface area contributed by atoms with Gasteiger partial charge in [0.25, 0.3) is 0 Å². The Morgan fingerprint density at radius 3 is 3.00 bits per heavy atom. The molecular formula is C10H20N4OS. The van der Waals surface area contributed by atoms with E-state index < -0.39 is 0 Å². The van der Waals surface area contributed by atoms with Crippen LogP contribution in [-0.2, 0) is 12.3 Å². The predicted octanol–water partition coefficient (Wildman–Crippen LogP) is 1.48. The third kappa shape index (κ3) is 4.49. The second-order valence-corrected chi connectivity index (χ2v) is 5.23. The summed E-state index contributed by atoms with van der Waals surface area (Å²) in [5.41, 5.74) is 0. The molecule has 0 saturated heterocycles. The summed E-state index contributed by atoms with van der Waals surface area (Å²) in [6.45, 7) is 5.41. The van der Waals surface area contributed by atoms with Crippen LogP contribution in [0.5, 0.6) is 0 Å². The van der Waals surface area contributed by atoms with E-state index in [0.29, 0.717) is 5.25 Å². The molecule has 1 atom stereocenters. The number of thioether (sulfide) groups is 1. The zero-order valence-electron chi connectivity index (χ0n) is 9.96. The van der Waals surface area contributed by atoms with Crippen molar-refractivity contribution in [3.8, 4) is 0 Å². The monoisotopic (exact) mass is 244 g/mol. The van der Waals surface area contributed by atoms with Gasteiger partial charge in [-0.1, -0.05) is 20.3 Å². The van der Waals surface area contributed by atoms with Crippen molar-refractivity contribution in [2.45, 2.75) is 50.7 Å². The molecule has 0 aliphatic carbocycles. The van der Waals surface area contributed by atoms with Crippen LogP contribution in [0.15, 0.2) is 0 Å². The zero-order chi connectivity index (χ0) is 11.8. The lowest BCUT2D eigenvalue weighted by atomic mass is 10.3. The Bertz CT molecular complexity index is 292. The first-order valence-corrected chi connectivity index (χ1v) is 6.80. The van der Waals surface area contributed by atoms with Crippen LogP contribution in [0.25, 0.3) is 0 Å². The molecule has 1 rings (SSSR count). The highest BCUT2D eigenvalue weighted by molar-refractivity contribution is 7.99. The smallest absolute Gasteiger partial charge is 0.161 e. The van der Waals surface area contributed by atoms with Crippen molar-refractivity contribution in [1.29, 1.82) is 0 Å². The number of aromatic nitrogens is 4. The van der Waals surface area contributed by atoms with E-state index in [9.17, 15) is 0 Å². The maximum Gasteiger partial charge on any atom is 0.161 e. The van der Waals surface area contributed by atoms with Crippen molar-refractivity contribution in [2.75, 3.05) is 6.61 Å². The molecule has 1 aromatic heterocycles. The first-order valence-electron chi connectivity index (χ1n) is 5.75. The van der Waals surface area contributed by atoms with Crippen molar-refractivity contribution in [1.82, 2.24) is 20.2 Å². The van der Waals surface area contributed by atoms with Gasteiger partial charge in [-0.25, -0.2) is 4.68 Å². The highest BCUT2D eigenvalue weighted by atomic mass is 32.2. The minimum absolute atomic E-state index is 0.245. The molecule has 6 heteroatoms. The lowest BCUT2D eigenvalue weighted by Gasteiger charge is -2.08. The van der Waals surface area contributed by atoms with Crippen LogP contribution >= 0.6 is 11.8 Å². The van der Waals surface area contributed by atoms with Crippen molar-refractivity contribution in [3.63, 3.8) is 0 Å². The average molecular weight is 244 g/mol. The van der Waals surface area contributed by atoms with Gasteiger partial charge in [-0.3, -0.25) is 0 Å². The fraction of sp³-hybridized carbons (Fsp3) is 0.900. The number of aliphatic hydroxyl groups is 1. The molecule has 0 fully saturated rings. The predicted molar refractivity (Wildman–Crippen MR) is 65.2 cm³/mol. The summed E-state index contributed by atoms with van der Waals surface area (Å²) in [5, 5.41) is 20.9. The maximum atomic E-state index is 8.81. The van der Waals surface area contributed by atoms with E-state index in [-0.39, 0.29) is 6.61 Å². The molecule has 0 spiro atoms. The summed E-state index contributed by atoms with van der Waals surface area (Å²) in [4.78, 5) is 0. The molecule has 16 heavy (non-hydrogen) atoms. The summed E-state index contributed by atoms with van der Waals surface area (Å²) in [5.74, 6) is 1.75. The molecule has 0 amide bonds. The van der Waals surface area contributed by atoms with Crippen molar-refractivity contribution >= 4 is 11.8 Å². The summed E-state index contributed by atoms with van der Waals surface area (Å²) < 4.78 is 1.88. The molecule has 5 nitrogen and oxygen atoms in total. The van der Waals surface area contributed by atoms with Gasteiger partial charge in [-0.2, -0.15) is 11.8 Å². The van der Waals surface area contributed by atoms with E-state index >= 15 is 0 Å². The van der Waals surface area contributed by atoms with Gasteiger partial charge in [0.2, 0.25) is 0 Å². The van der Waals surface area contributed by atoms with Gasteiger partial charge in [0.15, 0.2) is 5.82 Å². The average Bonchev–Trinajstić information content (AvgIpc) is 2.71. The second-order valence-electron chi connectivity index (χ2n) is 3.81. The van der Waals surface area contributed by atoms with Crippen LogP contribution < -0.4 is 0 Å². The topological polar surface area (TPSA) is 63.8 Å². The number of aryl methyl sites for hydroxylation is 1. The lowest BCUT2D eigenvalue weighted by Crippen LogP contribution is -2.07. The van der Waals surface area contributed by atoms with E-state index in [1.807, 2.05) is 4.68 Å². The standard InChI is InChI=1S/C10H20N4OS/c1-3-4-6-14-10(11-12-13-14)8-16-9(2)5-7-15/h9,15H,3-8H2,1-2H3. The fourth-order valence-electron chi connectivity index (χ4n) is 1.29. The van der Waals surface area contributed by atoms with Gasteiger partial charge in [0.1, 0.15) is 0 Å². The third-order valence-corrected chi connectivity index (χ3v) is 3.59. The summed E-state index contributed by atoms with van der Waals surface area (Å²) in [6, 6.07) is 0. The Kier molecular flexibility index (Phi) is 6.40. The van der Waals surface area contributed by atoms with Crippen molar-refractivity contribution < 1.29 is 5.11 Å². The fourth-order valence-corrected chi connectivity index (χ4v) is 2.20. The van der Waals surface area contributed by atoms with Crippen LogP contribution in [0.4, 0.5) is 0 Å². The Labute approximate surface area is 101 Å². The molecule has 0 aliphatic rings. The molecule has 0 saturated carbocycles. The van der Waals surface area contributed by atoms with E-state index in [1.165, 1.54) is 0 Å². The minimum Gasteiger partial charge on any atom is -0.396 e. The van der Waals surface area contributed by atoms with E-state index in [1.54, 1.807) is 11.8 Å². The number of rotatable bonds is 8. The molecule has 1 heterocycles. The van der Waals surface area contributed by atoms with Gasteiger partial charge in [-0.15, -0.1) is 5.10 Å². The van der Waals surface area contributed by atoms with E-state index in [0.717, 1.165) is 37.4 Å². The SMILES string of the molecule is CCCCn1nnnc1CSC(C)CCO. The van der Waals surface area contributed by atoms with Crippen molar-refractivity contribution in [2.24, 2.45) is 0 Å². The summed E-state index contributed by atoms with van der Waals surface area (Å²) in [7, 11) is 0. The normalized spacial score (nSPS) is 12.9. The van der Waals surface area contributed by atoms with Crippen LogP contribution in [0.3, 0.4) is 0 Å². The Morgan fingerprint density at radius 2 is 2.31 bits per heavy atom. The van der Waals surface area contributed by atoms with Gasteiger partial charge in [0.05, 0.1) is 5.75 Å². The first kappa shape index (κ1) is 13.4. The van der Waals surface area contributed by atoms with Gasteiger partial charge in [0, 0.05) is 18.4 Å². The summed E-state index contributed by atoms with van der Waals surface area (Å²) in [6.07, 6.45) is 3.07. The minimum atomic E-state index is 0.245. The number of hydrogen-bond acceptors (Lipinski definition) is 5. The lowest BCUT2D eigenvalue weighted by molar-refractivity contribution is 0.289. The van der Waals surface area contributed by atoms with Crippen LogP contribution in [0, 0.1) is 0 Å². The van der Waals surface area contributed by atoms with E-state index in [2.05, 4.69) is 29.4 Å². The van der Waals surface area contributed by atoms with Gasteiger partial charge >= 0.3 is 0 Å². The van der Waals surface area contributed by atoms with Crippen LogP contribution in [0.1, 0.15) is 38.9 Å². The Balaban J connectivity index is 2.37. The van der Waals surface area contributed by atoms with Crippen LogP contribution in [-0.4, -0.2) is 37.2 Å². The van der Waals surface area contributed by atoms with Gasteiger partial charge < -0.3 is 5.11 Å². The Morgan fingerprint density at radius 1 is 1.50 bits per heavy atom. The third-order valence-electron chi connectivity index (χ3n) is 2.36. The number of nitrogens with zero attached hydrogens (tertiary/aromatic N) is 4. The van der Waals surface area contributed by atoms with Crippen LogP contribution in [0.2, 0.25) is 0 Å². The number of aliphatic hydroxyl groups excluding tert-OH is 1. The molecule has 1 unspecified atom stereocenters. The molecule has 0 radical (unpaired) electrons. The molecule has 0 aromatic carbocycles. The summed E-state index contributed by atoms with van der Waals surface area (Å²) >= 11 is 1.78. The highest BCUT2D eigenvalue weighted by Crippen LogP contribution is 2.18. The maximum absolute atomic E-state index is 8.81. The molecule has 0 bridgehead atoms. The molecule has 92 valence electrons.